The van der Waals surface area contributed by atoms with Gasteiger partial charge in [0, 0.05) is 9.13 Å². The number of hydrogen-bond acceptors (Lipinski definition) is 4. The summed E-state index contributed by atoms with van der Waals surface area (Å²) in [7, 11) is 0. The van der Waals surface area contributed by atoms with Gasteiger partial charge >= 0.3 is 0 Å². The number of furan rings is 1. The molecule has 0 radical (unpaired) electrons. The van der Waals surface area contributed by atoms with E-state index in [0.717, 1.165) is 14.0 Å². The van der Waals surface area contributed by atoms with Crippen molar-refractivity contribution in [3.05, 3.63) is 87.4 Å². The van der Waals surface area contributed by atoms with Crippen LogP contribution >= 0.6 is 22.6 Å². The highest BCUT2D eigenvalue weighted by Crippen LogP contribution is 2.28. The Morgan fingerprint density at radius 2 is 1.80 bits per heavy atom. The number of hydrogen-bond donors (Lipinski definition) is 0. The summed E-state index contributed by atoms with van der Waals surface area (Å²) in [5.74, 6) is -0.508. The van der Waals surface area contributed by atoms with Gasteiger partial charge in [0.25, 0.3) is 11.8 Å². The molecule has 0 saturated carbocycles. The van der Waals surface area contributed by atoms with E-state index in [-0.39, 0.29) is 24.8 Å². The van der Waals surface area contributed by atoms with Gasteiger partial charge in [-0.1, -0.05) is 17.7 Å². The fourth-order valence-corrected chi connectivity index (χ4v) is 3.84. The van der Waals surface area contributed by atoms with E-state index in [4.69, 9.17) is 4.42 Å². The Bertz CT molecular complexity index is 1080. The third kappa shape index (κ3) is 4.02. The van der Waals surface area contributed by atoms with Gasteiger partial charge in [0.2, 0.25) is 5.91 Å². The number of aryl methyl sites for hydroxylation is 1. The molecule has 1 unspecified atom stereocenters. The number of nitrogens with zero attached hydrogens (tertiary/aromatic N) is 2. The van der Waals surface area contributed by atoms with Gasteiger partial charge in [-0.25, -0.2) is 4.90 Å². The molecule has 7 heteroatoms. The molecule has 1 aliphatic rings. The van der Waals surface area contributed by atoms with Crippen molar-refractivity contribution in [2.24, 2.45) is 0 Å². The first kappa shape index (κ1) is 20.3. The highest BCUT2D eigenvalue weighted by molar-refractivity contribution is 14.1. The summed E-state index contributed by atoms with van der Waals surface area (Å²) < 4.78 is 6.41. The highest BCUT2D eigenvalue weighted by Gasteiger charge is 2.44. The van der Waals surface area contributed by atoms with Crippen LogP contribution in [0.5, 0.6) is 0 Å². The van der Waals surface area contributed by atoms with E-state index in [2.05, 4.69) is 22.6 Å². The number of rotatable bonds is 5. The fraction of sp³-hybridized carbons (Fsp3) is 0.174. The van der Waals surface area contributed by atoms with E-state index in [1.165, 1.54) is 11.2 Å². The quantitative estimate of drug-likeness (QED) is 0.379. The predicted octanol–water partition coefficient (Wildman–Crippen LogP) is 4.17. The Kier molecular flexibility index (Phi) is 5.72. The number of anilines is 1. The van der Waals surface area contributed by atoms with Crippen LogP contribution in [0.15, 0.2) is 71.3 Å². The molecule has 1 aromatic heterocycles. The molecule has 0 spiro atoms. The number of imide groups is 1. The van der Waals surface area contributed by atoms with Gasteiger partial charge in [0.05, 0.1) is 24.9 Å². The molecule has 1 atom stereocenters. The van der Waals surface area contributed by atoms with Crippen LogP contribution in [0.2, 0.25) is 0 Å². The van der Waals surface area contributed by atoms with Crippen molar-refractivity contribution < 1.29 is 18.8 Å². The Morgan fingerprint density at radius 1 is 1.10 bits per heavy atom. The zero-order valence-electron chi connectivity index (χ0n) is 16.2. The second-order valence-corrected chi connectivity index (χ2v) is 8.39. The number of halogens is 1. The van der Waals surface area contributed by atoms with Crippen molar-refractivity contribution in [1.29, 1.82) is 0 Å². The first-order valence-electron chi connectivity index (χ1n) is 9.46. The average molecular weight is 514 g/mol. The molecule has 1 fully saturated rings. The smallest absolute Gasteiger partial charge is 0.257 e. The third-order valence-electron chi connectivity index (χ3n) is 5.05. The zero-order chi connectivity index (χ0) is 21.3. The maximum absolute atomic E-state index is 13.3. The number of carbonyl (C=O) groups is 3. The van der Waals surface area contributed by atoms with E-state index >= 15 is 0 Å². The normalized spacial score (nSPS) is 16.2. The minimum absolute atomic E-state index is 0.0663. The Labute approximate surface area is 187 Å². The van der Waals surface area contributed by atoms with Crippen LogP contribution < -0.4 is 4.90 Å². The summed E-state index contributed by atoms with van der Waals surface area (Å²) >= 11 is 2.16. The van der Waals surface area contributed by atoms with Crippen LogP contribution in [0.3, 0.4) is 0 Å². The minimum Gasteiger partial charge on any atom is -0.467 e. The lowest BCUT2D eigenvalue weighted by Gasteiger charge is -2.27. The number of benzene rings is 2. The molecule has 4 rings (SSSR count). The fourth-order valence-electron chi connectivity index (χ4n) is 3.48. The van der Waals surface area contributed by atoms with Crippen molar-refractivity contribution >= 4 is 46.0 Å². The van der Waals surface area contributed by atoms with Gasteiger partial charge in [0.15, 0.2) is 0 Å². The van der Waals surface area contributed by atoms with Gasteiger partial charge in [-0.2, -0.15) is 0 Å². The second kappa shape index (κ2) is 8.43. The third-order valence-corrected chi connectivity index (χ3v) is 5.77. The molecule has 3 amide bonds. The van der Waals surface area contributed by atoms with Gasteiger partial charge in [-0.15, -0.1) is 0 Å². The SMILES string of the molecule is Cc1ccc(C(=O)N(Cc2ccco2)C2CC(=O)N(c3ccc(I)cc3)C2=O)cc1. The monoisotopic (exact) mass is 514 g/mol. The summed E-state index contributed by atoms with van der Waals surface area (Å²) in [5.41, 5.74) is 2.00. The number of amides is 3. The van der Waals surface area contributed by atoms with Crippen molar-refractivity contribution in [3.63, 3.8) is 0 Å². The Balaban J connectivity index is 1.67. The molecule has 3 aromatic rings. The summed E-state index contributed by atoms with van der Waals surface area (Å²) in [4.78, 5) is 41.9. The lowest BCUT2D eigenvalue weighted by Crippen LogP contribution is -2.45. The topological polar surface area (TPSA) is 70.8 Å². The van der Waals surface area contributed by atoms with Gasteiger partial charge in [0.1, 0.15) is 11.8 Å². The molecule has 2 aromatic carbocycles. The lowest BCUT2D eigenvalue weighted by molar-refractivity contribution is -0.122. The van der Waals surface area contributed by atoms with Crippen molar-refractivity contribution in [1.82, 2.24) is 4.90 Å². The molecule has 0 N–H and O–H groups in total. The van der Waals surface area contributed by atoms with Crippen molar-refractivity contribution in [3.8, 4) is 0 Å². The molecule has 6 nitrogen and oxygen atoms in total. The Morgan fingerprint density at radius 3 is 2.43 bits per heavy atom. The van der Waals surface area contributed by atoms with Crippen LogP contribution in [-0.2, 0) is 16.1 Å². The summed E-state index contributed by atoms with van der Waals surface area (Å²) in [6, 6.07) is 16.9. The molecular weight excluding hydrogens is 495 g/mol. The summed E-state index contributed by atoms with van der Waals surface area (Å²) in [5, 5.41) is 0. The van der Waals surface area contributed by atoms with E-state index in [1.54, 1.807) is 36.4 Å². The average Bonchev–Trinajstić information content (AvgIpc) is 3.35. The number of carbonyl (C=O) groups excluding carboxylic acids is 3. The van der Waals surface area contributed by atoms with E-state index in [9.17, 15) is 14.4 Å². The van der Waals surface area contributed by atoms with E-state index < -0.39 is 11.9 Å². The van der Waals surface area contributed by atoms with Gasteiger partial charge < -0.3 is 9.32 Å². The molecule has 152 valence electrons. The van der Waals surface area contributed by atoms with E-state index in [1.807, 2.05) is 31.2 Å². The molecule has 1 saturated heterocycles. The molecule has 30 heavy (non-hydrogen) atoms. The molecule has 2 heterocycles. The van der Waals surface area contributed by atoms with Crippen LogP contribution in [0.25, 0.3) is 0 Å². The lowest BCUT2D eigenvalue weighted by atomic mass is 10.1. The van der Waals surface area contributed by atoms with Crippen LogP contribution in [0, 0.1) is 10.5 Å². The van der Waals surface area contributed by atoms with Gasteiger partial charge in [-0.3, -0.25) is 14.4 Å². The predicted molar refractivity (Wildman–Crippen MR) is 120 cm³/mol. The molecule has 0 aliphatic carbocycles. The zero-order valence-corrected chi connectivity index (χ0v) is 18.4. The first-order chi connectivity index (χ1) is 14.4. The molecule has 1 aliphatic heterocycles. The molecular formula is C23H19IN2O4. The van der Waals surface area contributed by atoms with E-state index in [0.29, 0.717) is 17.0 Å². The minimum atomic E-state index is -0.893. The van der Waals surface area contributed by atoms with Gasteiger partial charge in [-0.05, 0) is 78.0 Å². The highest BCUT2D eigenvalue weighted by atomic mass is 127. The maximum Gasteiger partial charge on any atom is 0.257 e. The van der Waals surface area contributed by atoms with Crippen molar-refractivity contribution in [2.45, 2.75) is 25.9 Å². The summed E-state index contributed by atoms with van der Waals surface area (Å²) in [6.07, 6.45) is 1.45. The standard InChI is InChI=1S/C23H19IN2O4/c1-15-4-6-16(7-5-15)22(28)25(14-19-3-2-12-30-19)20-13-21(27)26(23(20)29)18-10-8-17(24)9-11-18/h2-12,20H,13-14H2,1H3. The van der Waals surface area contributed by atoms with Crippen molar-refractivity contribution in [2.75, 3.05) is 4.90 Å². The summed E-state index contributed by atoms with van der Waals surface area (Å²) in [6.45, 7) is 2.04. The molecule has 0 bridgehead atoms. The largest absolute Gasteiger partial charge is 0.467 e. The first-order valence-corrected chi connectivity index (χ1v) is 10.5. The van der Waals surface area contributed by atoms with Crippen LogP contribution in [0.1, 0.15) is 28.1 Å². The van der Waals surface area contributed by atoms with Crippen LogP contribution in [-0.4, -0.2) is 28.7 Å². The van der Waals surface area contributed by atoms with Crippen LogP contribution in [0.4, 0.5) is 5.69 Å². The maximum atomic E-state index is 13.3. The Hall–Kier alpha value is -2.94. The second-order valence-electron chi connectivity index (χ2n) is 7.14.